The Hall–Kier alpha value is -2.69. The molecule has 1 aliphatic rings. The molecule has 9 nitrogen and oxygen atoms in total. The molecule has 1 aliphatic carbocycles. The van der Waals surface area contributed by atoms with Crippen LogP contribution in [0.3, 0.4) is 0 Å². The molecule has 0 radical (unpaired) electrons. The first-order valence-corrected chi connectivity index (χ1v) is 12.2. The fourth-order valence-electron chi connectivity index (χ4n) is 3.61. The van der Waals surface area contributed by atoms with Gasteiger partial charge in [0, 0.05) is 31.3 Å². The molecule has 0 bridgehead atoms. The lowest BCUT2D eigenvalue weighted by atomic mass is 10.2. The van der Waals surface area contributed by atoms with Crippen LogP contribution in [0.2, 0.25) is 0 Å². The molecule has 0 aromatic heterocycles. The lowest BCUT2D eigenvalue weighted by Gasteiger charge is -2.17. The SMILES string of the molecule is CN(C)CCNS(=O)(=O)c1ccc(NCc2ccccc2OC2CCCC2)c([N+](=O)[O-])c1. The molecule has 10 heteroatoms. The van der Waals surface area contributed by atoms with E-state index in [-0.39, 0.29) is 28.9 Å². The zero-order chi connectivity index (χ0) is 23.1. The van der Waals surface area contributed by atoms with E-state index in [0.717, 1.165) is 43.1 Å². The van der Waals surface area contributed by atoms with Crippen LogP contribution in [0.25, 0.3) is 0 Å². The normalized spacial score (nSPS) is 14.6. The van der Waals surface area contributed by atoms with Crippen molar-refractivity contribution in [3.8, 4) is 5.75 Å². The number of para-hydroxylation sites is 1. The second kappa shape index (κ2) is 10.8. The molecule has 0 unspecified atom stereocenters. The molecule has 0 aliphatic heterocycles. The van der Waals surface area contributed by atoms with Gasteiger partial charge < -0.3 is 15.0 Å². The third-order valence-corrected chi connectivity index (χ3v) is 6.82. The van der Waals surface area contributed by atoms with E-state index in [4.69, 9.17) is 4.74 Å². The second-order valence-electron chi connectivity index (χ2n) is 8.12. The number of nitrogens with zero attached hydrogens (tertiary/aromatic N) is 2. The number of likely N-dealkylation sites (N-methyl/N-ethyl adjacent to an activating group) is 1. The lowest BCUT2D eigenvalue weighted by molar-refractivity contribution is -0.384. The summed E-state index contributed by atoms with van der Waals surface area (Å²) in [6.45, 7) is 1.04. The summed E-state index contributed by atoms with van der Waals surface area (Å²) in [5.74, 6) is 0.763. The van der Waals surface area contributed by atoms with Gasteiger partial charge in [0.2, 0.25) is 10.0 Å². The van der Waals surface area contributed by atoms with Crippen molar-refractivity contribution in [2.45, 2.75) is 43.2 Å². The van der Waals surface area contributed by atoms with Crippen molar-refractivity contribution in [1.29, 1.82) is 0 Å². The van der Waals surface area contributed by atoms with Crippen LogP contribution >= 0.6 is 0 Å². The minimum atomic E-state index is -3.84. The Balaban J connectivity index is 1.74. The van der Waals surface area contributed by atoms with Crippen molar-refractivity contribution >= 4 is 21.4 Å². The monoisotopic (exact) mass is 462 g/mol. The molecule has 3 rings (SSSR count). The molecule has 174 valence electrons. The molecule has 1 fully saturated rings. The van der Waals surface area contributed by atoms with Gasteiger partial charge in [0.1, 0.15) is 11.4 Å². The average Bonchev–Trinajstić information content (AvgIpc) is 3.25. The topological polar surface area (TPSA) is 114 Å². The number of ether oxygens (including phenoxy) is 1. The summed E-state index contributed by atoms with van der Waals surface area (Å²) in [5.41, 5.74) is 0.836. The Morgan fingerprint density at radius 1 is 1.16 bits per heavy atom. The zero-order valence-electron chi connectivity index (χ0n) is 18.4. The third-order valence-electron chi connectivity index (χ3n) is 5.37. The fourth-order valence-corrected chi connectivity index (χ4v) is 4.65. The first kappa shape index (κ1) is 24.0. The Bertz CT molecular complexity index is 1040. The molecule has 0 saturated heterocycles. The maximum Gasteiger partial charge on any atom is 0.293 e. The first-order valence-electron chi connectivity index (χ1n) is 10.7. The predicted octanol–water partition coefficient (Wildman–Crippen LogP) is 3.37. The summed E-state index contributed by atoms with van der Waals surface area (Å²) in [6.07, 6.45) is 4.60. The van der Waals surface area contributed by atoms with Crippen molar-refractivity contribution in [2.24, 2.45) is 0 Å². The first-order chi connectivity index (χ1) is 15.3. The van der Waals surface area contributed by atoms with Crippen LogP contribution in [-0.4, -0.2) is 51.5 Å². The van der Waals surface area contributed by atoms with E-state index in [2.05, 4.69) is 10.0 Å². The van der Waals surface area contributed by atoms with E-state index >= 15 is 0 Å². The lowest BCUT2D eigenvalue weighted by Crippen LogP contribution is -2.31. The van der Waals surface area contributed by atoms with E-state index in [1.807, 2.05) is 43.3 Å². The number of rotatable bonds is 11. The van der Waals surface area contributed by atoms with E-state index < -0.39 is 14.9 Å². The highest BCUT2D eigenvalue weighted by molar-refractivity contribution is 7.89. The number of sulfonamides is 1. The van der Waals surface area contributed by atoms with Crippen LogP contribution < -0.4 is 14.8 Å². The van der Waals surface area contributed by atoms with Crippen LogP contribution in [0.1, 0.15) is 31.2 Å². The summed E-state index contributed by atoms with van der Waals surface area (Å²) in [4.78, 5) is 12.7. The van der Waals surface area contributed by atoms with Crippen molar-refractivity contribution in [3.63, 3.8) is 0 Å². The van der Waals surface area contributed by atoms with Gasteiger partial charge >= 0.3 is 0 Å². The van der Waals surface area contributed by atoms with Gasteiger partial charge in [-0.2, -0.15) is 0 Å². The number of anilines is 1. The number of nitro groups is 1. The van der Waals surface area contributed by atoms with Gasteiger partial charge in [-0.05, 0) is 58.0 Å². The quantitative estimate of drug-likeness (QED) is 0.389. The standard InChI is InChI=1S/C22H30N4O5S/c1-25(2)14-13-24-32(29,30)19-11-12-20(21(15-19)26(27)28)23-16-17-7-3-6-10-22(17)31-18-8-4-5-9-18/h3,6-7,10-12,15,18,23-24H,4-5,8-9,13-14,16H2,1-2H3. The van der Waals surface area contributed by atoms with Gasteiger partial charge in [0.15, 0.2) is 0 Å². The van der Waals surface area contributed by atoms with Gasteiger partial charge in [-0.25, -0.2) is 13.1 Å². The summed E-state index contributed by atoms with van der Waals surface area (Å²) in [6, 6.07) is 11.5. The molecular formula is C22H30N4O5S. The molecule has 0 spiro atoms. The molecule has 1 saturated carbocycles. The highest BCUT2D eigenvalue weighted by atomic mass is 32.2. The maximum absolute atomic E-state index is 12.5. The number of nitro benzene ring substituents is 1. The van der Waals surface area contributed by atoms with E-state index in [1.165, 1.54) is 12.1 Å². The van der Waals surface area contributed by atoms with Gasteiger partial charge in [-0.1, -0.05) is 18.2 Å². The van der Waals surface area contributed by atoms with Crippen LogP contribution in [0.5, 0.6) is 5.75 Å². The van der Waals surface area contributed by atoms with Crippen LogP contribution in [0, 0.1) is 10.1 Å². The third kappa shape index (κ3) is 6.41. The highest BCUT2D eigenvalue weighted by Crippen LogP contribution is 2.30. The van der Waals surface area contributed by atoms with Crippen molar-refractivity contribution in [2.75, 3.05) is 32.5 Å². The number of hydrogen-bond acceptors (Lipinski definition) is 7. The summed E-state index contributed by atoms with van der Waals surface area (Å²) in [5, 5.41) is 14.7. The maximum atomic E-state index is 12.5. The second-order valence-corrected chi connectivity index (χ2v) is 9.89. The highest BCUT2D eigenvalue weighted by Gasteiger charge is 2.22. The van der Waals surface area contributed by atoms with Crippen molar-refractivity contribution in [1.82, 2.24) is 9.62 Å². The number of benzene rings is 2. The molecule has 32 heavy (non-hydrogen) atoms. The van der Waals surface area contributed by atoms with Gasteiger partial charge in [-0.15, -0.1) is 0 Å². The molecule has 2 N–H and O–H groups in total. The Labute approximate surface area is 189 Å². The number of hydrogen-bond donors (Lipinski definition) is 2. The minimum Gasteiger partial charge on any atom is -0.490 e. The number of nitrogens with one attached hydrogen (secondary N) is 2. The van der Waals surface area contributed by atoms with Gasteiger partial charge in [0.25, 0.3) is 5.69 Å². The minimum absolute atomic E-state index is 0.140. The smallest absolute Gasteiger partial charge is 0.293 e. The van der Waals surface area contributed by atoms with E-state index in [9.17, 15) is 18.5 Å². The van der Waals surface area contributed by atoms with Crippen LogP contribution in [0.15, 0.2) is 47.4 Å². The molecule has 0 amide bonds. The van der Waals surface area contributed by atoms with Crippen molar-refractivity contribution < 1.29 is 18.1 Å². The molecule has 2 aromatic rings. The Morgan fingerprint density at radius 3 is 2.56 bits per heavy atom. The molecule has 0 atom stereocenters. The van der Waals surface area contributed by atoms with Gasteiger partial charge in [-0.3, -0.25) is 10.1 Å². The van der Waals surface area contributed by atoms with Crippen LogP contribution in [0.4, 0.5) is 11.4 Å². The Kier molecular flexibility index (Phi) is 8.05. The van der Waals surface area contributed by atoms with Crippen LogP contribution in [-0.2, 0) is 16.6 Å². The summed E-state index contributed by atoms with van der Waals surface area (Å²) < 4.78 is 33.6. The van der Waals surface area contributed by atoms with E-state index in [0.29, 0.717) is 13.1 Å². The predicted molar refractivity (Wildman–Crippen MR) is 123 cm³/mol. The zero-order valence-corrected chi connectivity index (χ0v) is 19.2. The van der Waals surface area contributed by atoms with Gasteiger partial charge in [0.05, 0.1) is 15.9 Å². The van der Waals surface area contributed by atoms with E-state index in [1.54, 1.807) is 0 Å². The van der Waals surface area contributed by atoms with Crippen molar-refractivity contribution in [3.05, 3.63) is 58.1 Å². The molecule has 0 heterocycles. The summed E-state index contributed by atoms with van der Waals surface area (Å²) in [7, 11) is -0.185. The fraction of sp³-hybridized carbons (Fsp3) is 0.455. The molecule has 2 aromatic carbocycles. The molecular weight excluding hydrogens is 432 g/mol. The summed E-state index contributed by atoms with van der Waals surface area (Å²) >= 11 is 0. The Morgan fingerprint density at radius 2 is 1.88 bits per heavy atom. The average molecular weight is 463 g/mol. The largest absolute Gasteiger partial charge is 0.490 e.